The summed E-state index contributed by atoms with van der Waals surface area (Å²) in [5.41, 5.74) is 1.81. The van der Waals surface area contributed by atoms with Gasteiger partial charge in [0.1, 0.15) is 5.82 Å². The quantitative estimate of drug-likeness (QED) is 0.568. The molecule has 182 valence electrons. The van der Waals surface area contributed by atoms with Crippen LogP contribution in [0.3, 0.4) is 0 Å². The zero-order valence-electron chi connectivity index (χ0n) is 18.5. The first-order valence-corrected chi connectivity index (χ1v) is 13.6. The van der Waals surface area contributed by atoms with Gasteiger partial charge in [0.25, 0.3) is 0 Å². The molecule has 4 rings (SSSR count). The Bertz CT molecular complexity index is 1260. The number of rotatable bonds is 5. The van der Waals surface area contributed by atoms with E-state index in [0.29, 0.717) is 42.4 Å². The highest BCUT2D eigenvalue weighted by Crippen LogP contribution is 2.37. The highest BCUT2D eigenvalue weighted by molar-refractivity contribution is 9.10. The summed E-state index contributed by atoms with van der Waals surface area (Å²) in [6.45, 7) is 2.59. The minimum atomic E-state index is -3.93. The van der Waals surface area contributed by atoms with Crippen LogP contribution in [0.15, 0.2) is 39.7 Å². The molecular formula is C23H24BrClFN3O4S. The van der Waals surface area contributed by atoms with Crippen LogP contribution in [-0.2, 0) is 26.0 Å². The van der Waals surface area contributed by atoms with E-state index in [0.717, 1.165) is 11.6 Å². The molecule has 0 aromatic heterocycles. The van der Waals surface area contributed by atoms with Gasteiger partial charge in [-0.15, -0.1) is 0 Å². The monoisotopic (exact) mass is 571 g/mol. The predicted molar refractivity (Wildman–Crippen MR) is 132 cm³/mol. The minimum absolute atomic E-state index is 0.00805. The molecule has 0 bridgehead atoms. The lowest BCUT2D eigenvalue weighted by atomic mass is 9.98. The third kappa shape index (κ3) is 4.86. The summed E-state index contributed by atoms with van der Waals surface area (Å²) >= 11 is 9.40. The van der Waals surface area contributed by atoms with E-state index in [-0.39, 0.29) is 40.5 Å². The molecule has 0 radical (unpaired) electrons. The van der Waals surface area contributed by atoms with E-state index in [1.165, 1.54) is 16.4 Å². The lowest BCUT2D eigenvalue weighted by Gasteiger charge is -2.31. The number of sulfonamides is 1. The zero-order valence-corrected chi connectivity index (χ0v) is 21.6. The van der Waals surface area contributed by atoms with Crippen molar-refractivity contribution in [3.05, 3.63) is 51.2 Å². The average Bonchev–Trinajstić information content (AvgIpc) is 3.22. The average molecular weight is 573 g/mol. The fraction of sp³-hybridized carbons (Fsp3) is 0.391. The molecule has 2 aliphatic rings. The molecule has 1 atom stereocenters. The number of piperidine rings is 1. The highest BCUT2D eigenvalue weighted by atomic mass is 79.9. The fourth-order valence-electron chi connectivity index (χ4n) is 4.38. The van der Waals surface area contributed by atoms with Gasteiger partial charge in [-0.1, -0.05) is 18.5 Å². The van der Waals surface area contributed by atoms with Crippen molar-refractivity contribution in [1.29, 1.82) is 0 Å². The van der Waals surface area contributed by atoms with Crippen molar-refractivity contribution in [3.8, 4) is 0 Å². The van der Waals surface area contributed by atoms with E-state index in [4.69, 9.17) is 11.6 Å². The molecule has 1 saturated heterocycles. The number of anilines is 2. The molecule has 34 heavy (non-hydrogen) atoms. The summed E-state index contributed by atoms with van der Waals surface area (Å²) in [4.78, 5) is 26.9. The van der Waals surface area contributed by atoms with Crippen LogP contribution < -0.4 is 10.2 Å². The van der Waals surface area contributed by atoms with Crippen molar-refractivity contribution in [2.75, 3.05) is 29.9 Å². The smallest absolute Gasteiger partial charge is 0.244 e. The van der Waals surface area contributed by atoms with Crippen molar-refractivity contribution >= 4 is 60.7 Å². The van der Waals surface area contributed by atoms with Gasteiger partial charge in [0.15, 0.2) is 0 Å². The van der Waals surface area contributed by atoms with Gasteiger partial charge in [-0.2, -0.15) is 4.31 Å². The molecule has 2 aliphatic heterocycles. The second kappa shape index (κ2) is 9.93. The SMILES string of the molecule is CCC(=O)N1CCc2cc(Br)c(S(=O)(=O)N3CCC[C@@H](C(=O)Nc4ccc(F)cc4Cl)C3)cc21. The number of benzene rings is 2. The number of halogens is 3. The second-order valence-corrected chi connectivity index (χ2v) is 11.5. The van der Waals surface area contributed by atoms with Gasteiger partial charge in [0.2, 0.25) is 21.8 Å². The first-order chi connectivity index (χ1) is 16.1. The number of fused-ring (bicyclic) bond motifs is 1. The van der Waals surface area contributed by atoms with Gasteiger partial charge in [-0.05, 0) is 71.1 Å². The molecule has 2 amide bonds. The van der Waals surface area contributed by atoms with Crippen molar-refractivity contribution in [3.63, 3.8) is 0 Å². The third-order valence-corrected chi connectivity index (χ3v) is 9.33. The molecule has 0 saturated carbocycles. The second-order valence-electron chi connectivity index (χ2n) is 8.38. The maximum atomic E-state index is 13.6. The molecule has 0 unspecified atom stereocenters. The lowest BCUT2D eigenvalue weighted by Crippen LogP contribution is -2.43. The van der Waals surface area contributed by atoms with E-state index < -0.39 is 21.8 Å². The number of hydrogen-bond donors (Lipinski definition) is 1. The third-order valence-electron chi connectivity index (χ3n) is 6.19. The van der Waals surface area contributed by atoms with E-state index in [1.54, 1.807) is 24.0 Å². The summed E-state index contributed by atoms with van der Waals surface area (Å²) in [7, 11) is -3.93. The fourth-order valence-corrected chi connectivity index (χ4v) is 7.18. The molecule has 1 fully saturated rings. The molecule has 11 heteroatoms. The van der Waals surface area contributed by atoms with Gasteiger partial charge in [0, 0.05) is 36.2 Å². The maximum Gasteiger partial charge on any atom is 0.244 e. The number of hydrogen-bond acceptors (Lipinski definition) is 4. The van der Waals surface area contributed by atoms with Crippen LogP contribution in [0, 0.1) is 11.7 Å². The van der Waals surface area contributed by atoms with Crippen LogP contribution in [0.1, 0.15) is 31.7 Å². The Labute approximate surface area is 211 Å². The number of carbonyl (C=O) groups excluding carboxylic acids is 2. The predicted octanol–water partition coefficient (Wildman–Crippen LogP) is 4.58. The Morgan fingerprint density at radius 1 is 1.24 bits per heavy atom. The number of amides is 2. The summed E-state index contributed by atoms with van der Waals surface area (Å²) in [5, 5.41) is 2.75. The van der Waals surface area contributed by atoms with Gasteiger partial charge in [-0.25, -0.2) is 12.8 Å². The highest BCUT2D eigenvalue weighted by Gasteiger charge is 2.36. The molecule has 2 aromatic carbocycles. The Morgan fingerprint density at radius 2 is 2.00 bits per heavy atom. The minimum Gasteiger partial charge on any atom is -0.324 e. The van der Waals surface area contributed by atoms with E-state index in [1.807, 2.05) is 0 Å². The van der Waals surface area contributed by atoms with E-state index in [2.05, 4.69) is 21.2 Å². The Hall–Kier alpha value is -2.01. The van der Waals surface area contributed by atoms with Crippen LogP contribution in [0.4, 0.5) is 15.8 Å². The molecule has 2 heterocycles. The zero-order chi connectivity index (χ0) is 24.6. The lowest BCUT2D eigenvalue weighted by molar-refractivity contribution is -0.121. The van der Waals surface area contributed by atoms with Gasteiger partial charge >= 0.3 is 0 Å². The molecule has 1 N–H and O–H groups in total. The van der Waals surface area contributed by atoms with Crippen LogP contribution in [0.2, 0.25) is 5.02 Å². The molecule has 0 spiro atoms. The largest absolute Gasteiger partial charge is 0.324 e. The molecule has 2 aromatic rings. The van der Waals surface area contributed by atoms with Crippen molar-refractivity contribution in [2.24, 2.45) is 5.92 Å². The topological polar surface area (TPSA) is 86.8 Å². The van der Waals surface area contributed by atoms with Gasteiger partial charge in [0.05, 0.1) is 21.5 Å². The van der Waals surface area contributed by atoms with Crippen LogP contribution in [0.25, 0.3) is 0 Å². The summed E-state index contributed by atoms with van der Waals surface area (Å²) < 4.78 is 42.2. The normalized spacial score (nSPS) is 18.6. The van der Waals surface area contributed by atoms with Crippen LogP contribution >= 0.6 is 27.5 Å². The number of nitrogens with zero attached hydrogens (tertiary/aromatic N) is 2. The van der Waals surface area contributed by atoms with Crippen molar-refractivity contribution < 1.29 is 22.4 Å². The standard InChI is InChI=1S/C23H24BrClFN3O4S/c1-2-22(30)29-9-7-14-10-17(24)21(12-20(14)29)34(32,33)28-8-3-4-15(13-28)23(31)27-19-6-5-16(26)11-18(19)25/h5-6,10-12,15H,2-4,7-9,13H2,1H3,(H,27,31)/t15-/m1/s1. The Morgan fingerprint density at radius 3 is 2.71 bits per heavy atom. The molecule has 0 aliphatic carbocycles. The summed E-state index contributed by atoms with van der Waals surface area (Å²) in [5.74, 6) is -1.53. The van der Waals surface area contributed by atoms with E-state index >= 15 is 0 Å². The Kier molecular flexibility index (Phi) is 7.33. The summed E-state index contributed by atoms with van der Waals surface area (Å²) in [6, 6.07) is 6.98. The first-order valence-electron chi connectivity index (χ1n) is 11.0. The Balaban J connectivity index is 1.56. The molecule has 7 nitrogen and oxygen atoms in total. The number of nitrogens with one attached hydrogen (secondary N) is 1. The van der Waals surface area contributed by atoms with Gasteiger partial charge in [-0.3, -0.25) is 9.59 Å². The van der Waals surface area contributed by atoms with Crippen LogP contribution in [-0.4, -0.2) is 44.2 Å². The summed E-state index contributed by atoms with van der Waals surface area (Å²) in [6.07, 6.45) is 2.02. The molecular weight excluding hydrogens is 549 g/mol. The van der Waals surface area contributed by atoms with Crippen molar-refractivity contribution in [1.82, 2.24) is 4.31 Å². The first kappa shape index (κ1) is 25.1. The van der Waals surface area contributed by atoms with Gasteiger partial charge < -0.3 is 10.2 Å². The number of carbonyl (C=O) groups is 2. The van der Waals surface area contributed by atoms with Crippen LogP contribution in [0.5, 0.6) is 0 Å². The van der Waals surface area contributed by atoms with E-state index in [9.17, 15) is 22.4 Å². The maximum absolute atomic E-state index is 13.6. The van der Waals surface area contributed by atoms with Crippen molar-refractivity contribution in [2.45, 2.75) is 37.5 Å².